The van der Waals surface area contributed by atoms with E-state index in [0.717, 1.165) is 4.47 Å². The van der Waals surface area contributed by atoms with Crippen LogP contribution in [0.2, 0.25) is 0 Å². The van der Waals surface area contributed by atoms with Gasteiger partial charge in [0, 0.05) is 16.5 Å². The Balaban J connectivity index is 1.52. The fourth-order valence-electron chi connectivity index (χ4n) is 2.52. The molecule has 0 atom stereocenters. The number of carbonyl (C=O) groups excluding carboxylic acids is 1. The van der Waals surface area contributed by atoms with E-state index in [1.807, 2.05) is 18.2 Å². The largest absolute Gasteiger partial charge is 0.497 e. The molecule has 0 spiro atoms. The fourth-order valence-corrected chi connectivity index (χ4v) is 4.23. The SMILES string of the molecule is COc1ccc(S(=O)(=O)CCCC(=O)Nc2nnc(-c3cccc(Br)c3)o2)cc1. The molecule has 8 nitrogen and oxygen atoms in total. The number of aromatic nitrogens is 2. The first-order valence-electron chi connectivity index (χ1n) is 8.63. The Hall–Kier alpha value is -2.72. The highest BCUT2D eigenvalue weighted by molar-refractivity contribution is 9.10. The van der Waals surface area contributed by atoms with E-state index in [9.17, 15) is 13.2 Å². The van der Waals surface area contributed by atoms with E-state index in [-0.39, 0.29) is 35.4 Å². The van der Waals surface area contributed by atoms with Crippen molar-refractivity contribution in [3.63, 3.8) is 0 Å². The Kier molecular flexibility index (Phi) is 6.65. The Morgan fingerprint density at radius 1 is 1.17 bits per heavy atom. The molecule has 0 fully saturated rings. The number of sulfone groups is 1. The molecule has 1 N–H and O–H groups in total. The molecule has 0 unspecified atom stereocenters. The van der Waals surface area contributed by atoms with Crippen molar-refractivity contribution in [1.82, 2.24) is 10.2 Å². The summed E-state index contributed by atoms with van der Waals surface area (Å²) in [6, 6.07) is 13.4. The number of amides is 1. The van der Waals surface area contributed by atoms with Crippen LogP contribution in [-0.4, -0.2) is 37.4 Å². The zero-order valence-corrected chi connectivity index (χ0v) is 17.9. The van der Waals surface area contributed by atoms with E-state index in [1.54, 1.807) is 18.2 Å². The van der Waals surface area contributed by atoms with Crippen molar-refractivity contribution in [2.24, 2.45) is 0 Å². The van der Waals surface area contributed by atoms with Gasteiger partial charge in [0.15, 0.2) is 9.84 Å². The van der Waals surface area contributed by atoms with Gasteiger partial charge < -0.3 is 9.15 Å². The van der Waals surface area contributed by atoms with E-state index in [4.69, 9.17) is 9.15 Å². The quantitative estimate of drug-likeness (QED) is 0.523. The molecular weight excluding hydrogens is 462 g/mol. The van der Waals surface area contributed by atoms with Gasteiger partial charge in [-0.25, -0.2) is 8.42 Å². The molecule has 0 bridgehead atoms. The number of benzene rings is 2. The van der Waals surface area contributed by atoms with Crippen LogP contribution in [0.25, 0.3) is 11.5 Å². The monoisotopic (exact) mass is 479 g/mol. The maximum atomic E-state index is 12.3. The van der Waals surface area contributed by atoms with Crippen molar-refractivity contribution < 1.29 is 22.4 Å². The van der Waals surface area contributed by atoms with E-state index < -0.39 is 15.7 Å². The number of halogens is 1. The van der Waals surface area contributed by atoms with Gasteiger partial charge in [-0.3, -0.25) is 10.1 Å². The van der Waals surface area contributed by atoms with Gasteiger partial charge in [-0.1, -0.05) is 27.1 Å². The number of nitrogens with zero attached hydrogens (tertiary/aromatic N) is 2. The number of carbonyl (C=O) groups is 1. The molecule has 0 aliphatic rings. The number of hydrogen-bond acceptors (Lipinski definition) is 7. The lowest BCUT2D eigenvalue weighted by Gasteiger charge is -2.05. The lowest BCUT2D eigenvalue weighted by Crippen LogP contribution is -2.14. The van der Waals surface area contributed by atoms with Crippen molar-refractivity contribution in [3.05, 3.63) is 53.0 Å². The molecule has 29 heavy (non-hydrogen) atoms. The molecule has 3 aromatic rings. The summed E-state index contributed by atoms with van der Waals surface area (Å²) in [5.74, 6) is 0.285. The zero-order chi connectivity index (χ0) is 20.9. The maximum absolute atomic E-state index is 12.3. The first-order chi connectivity index (χ1) is 13.9. The van der Waals surface area contributed by atoms with Gasteiger partial charge in [0.05, 0.1) is 17.8 Å². The number of ether oxygens (including phenoxy) is 1. The third-order valence-electron chi connectivity index (χ3n) is 3.98. The van der Waals surface area contributed by atoms with Gasteiger partial charge >= 0.3 is 6.01 Å². The Morgan fingerprint density at radius 3 is 2.62 bits per heavy atom. The standard InChI is InChI=1S/C19H18BrN3O5S/c1-27-15-7-9-16(10-8-15)29(25,26)11-3-6-17(24)21-19-23-22-18(28-19)13-4-2-5-14(20)12-13/h2,4-5,7-10,12H,3,6,11H2,1H3,(H,21,23,24). The Morgan fingerprint density at radius 2 is 1.93 bits per heavy atom. The van der Waals surface area contributed by atoms with Crippen LogP contribution in [0.4, 0.5) is 6.01 Å². The second kappa shape index (κ2) is 9.19. The van der Waals surface area contributed by atoms with Crippen LogP contribution in [0, 0.1) is 0 Å². The fraction of sp³-hybridized carbons (Fsp3) is 0.211. The minimum absolute atomic E-state index is 0.00395. The van der Waals surface area contributed by atoms with Crippen LogP contribution in [-0.2, 0) is 14.6 Å². The van der Waals surface area contributed by atoms with Gasteiger partial charge in [-0.2, -0.15) is 0 Å². The highest BCUT2D eigenvalue weighted by atomic mass is 79.9. The topological polar surface area (TPSA) is 111 Å². The number of hydrogen-bond donors (Lipinski definition) is 1. The molecule has 0 radical (unpaired) electrons. The van der Waals surface area contributed by atoms with Crippen LogP contribution in [0.1, 0.15) is 12.8 Å². The van der Waals surface area contributed by atoms with Crippen LogP contribution in [0.3, 0.4) is 0 Å². The molecule has 2 aromatic carbocycles. The predicted octanol–water partition coefficient (Wildman–Crippen LogP) is 3.70. The summed E-state index contributed by atoms with van der Waals surface area (Å²) in [7, 11) is -1.97. The minimum atomic E-state index is -3.48. The van der Waals surface area contributed by atoms with E-state index >= 15 is 0 Å². The van der Waals surface area contributed by atoms with Crippen LogP contribution in [0.15, 0.2) is 62.3 Å². The first-order valence-corrected chi connectivity index (χ1v) is 11.1. The molecule has 0 saturated carbocycles. The van der Waals surface area contributed by atoms with Gasteiger partial charge in [0.25, 0.3) is 0 Å². The molecule has 0 saturated heterocycles. The van der Waals surface area contributed by atoms with Crippen LogP contribution in [0.5, 0.6) is 5.75 Å². The molecule has 1 heterocycles. The van der Waals surface area contributed by atoms with Gasteiger partial charge in [-0.05, 0) is 48.9 Å². The highest BCUT2D eigenvalue weighted by Crippen LogP contribution is 2.23. The summed E-state index contributed by atoms with van der Waals surface area (Å²) in [6.07, 6.45) is 0.163. The molecular formula is C19H18BrN3O5S. The first kappa shape index (κ1) is 21.0. The smallest absolute Gasteiger partial charge is 0.322 e. The number of rotatable bonds is 8. The van der Waals surface area contributed by atoms with Gasteiger partial charge in [0.1, 0.15) is 5.75 Å². The molecule has 1 amide bonds. The molecule has 1 aromatic heterocycles. The second-order valence-electron chi connectivity index (χ2n) is 6.07. The van der Waals surface area contributed by atoms with Crippen molar-refractivity contribution in [3.8, 4) is 17.2 Å². The summed E-state index contributed by atoms with van der Waals surface area (Å²) < 4.78 is 36.0. The third kappa shape index (κ3) is 5.64. The summed E-state index contributed by atoms with van der Waals surface area (Å²) in [5.41, 5.74) is 0.706. The maximum Gasteiger partial charge on any atom is 0.322 e. The molecule has 0 aliphatic carbocycles. The Labute approximate surface area is 176 Å². The highest BCUT2D eigenvalue weighted by Gasteiger charge is 2.16. The molecule has 3 rings (SSSR count). The minimum Gasteiger partial charge on any atom is -0.497 e. The van der Waals surface area contributed by atoms with Gasteiger partial charge in [0.2, 0.25) is 11.8 Å². The van der Waals surface area contributed by atoms with Crippen LogP contribution < -0.4 is 10.1 Å². The zero-order valence-electron chi connectivity index (χ0n) is 15.5. The number of methoxy groups -OCH3 is 1. The average molecular weight is 480 g/mol. The summed E-state index contributed by atoms with van der Waals surface area (Å²) >= 11 is 3.36. The van der Waals surface area contributed by atoms with Crippen molar-refractivity contribution in [2.45, 2.75) is 17.7 Å². The average Bonchev–Trinajstić information content (AvgIpc) is 3.16. The third-order valence-corrected chi connectivity index (χ3v) is 6.29. The lowest BCUT2D eigenvalue weighted by atomic mass is 10.2. The van der Waals surface area contributed by atoms with E-state index in [0.29, 0.717) is 11.3 Å². The normalized spacial score (nSPS) is 11.2. The second-order valence-corrected chi connectivity index (χ2v) is 9.09. The Bertz CT molecular complexity index is 1100. The van der Waals surface area contributed by atoms with Crippen molar-refractivity contribution in [1.29, 1.82) is 0 Å². The van der Waals surface area contributed by atoms with Gasteiger partial charge in [-0.15, -0.1) is 5.10 Å². The van der Waals surface area contributed by atoms with Crippen molar-refractivity contribution >= 4 is 37.7 Å². The summed E-state index contributed by atoms with van der Waals surface area (Å²) in [4.78, 5) is 12.2. The van der Waals surface area contributed by atoms with Crippen molar-refractivity contribution in [2.75, 3.05) is 18.2 Å². The number of anilines is 1. The number of nitrogens with one attached hydrogen (secondary N) is 1. The summed E-state index contributed by atoms with van der Waals surface area (Å²) in [6.45, 7) is 0. The summed E-state index contributed by atoms with van der Waals surface area (Å²) in [5, 5.41) is 10.2. The van der Waals surface area contributed by atoms with E-state index in [1.165, 1.54) is 19.2 Å². The molecule has 152 valence electrons. The molecule has 10 heteroatoms. The predicted molar refractivity (Wildman–Crippen MR) is 110 cm³/mol. The lowest BCUT2D eigenvalue weighted by molar-refractivity contribution is -0.116. The molecule has 0 aliphatic heterocycles. The van der Waals surface area contributed by atoms with E-state index in [2.05, 4.69) is 31.4 Å². The van der Waals surface area contributed by atoms with Crippen LogP contribution >= 0.6 is 15.9 Å².